The minimum Gasteiger partial charge on any atom is -0.497 e. The van der Waals surface area contributed by atoms with Crippen molar-refractivity contribution in [2.45, 2.75) is 13.2 Å². The Morgan fingerprint density at radius 2 is 1.64 bits per heavy atom. The third-order valence-electron chi connectivity index (χ3n) is 3.54. The predicted octanol–water partition coefficient (Wildman–Crippen LogP) is 3.58. The maximum absolute atomic E-state index is 5.85. The summed E-state index contributed by atoms with van der Waals surface area (Å²) in [7, 11) is 3.25. The molecule has 0 saturated carbocycles. The second kappa shape index (κ2) is 7.90. The molecule has 7 heteroatoms. The molecule has 0 aliphatic rings. The van der Waals surface area contributed by atoms with E-state index in [1.807, 2.05) is 36.5 Å². The van der Waals surface area contributed by atoms with E-state index < -0.39 is 0 Å². The lowest BCUT2D eigenvalue weighted by Crippen LogP contribution is -2.01. The number of rotatable bonds is 7. The van der Waals surface area contributed by atoms with Gasteiger partial charge in [0.2, 0.25) is 0 Å². The first-order valence-electron chi connectivity index (χ1n) is 7.65. The standard InChI is InChI=1S/C18H18ClN3O3/c1-23-17-7-13(8-18(9-17)24-2)10-22-11-15(20-21-22)12-25-16-5-3-14(19)4-6-16/h3-9,11H,10,12H2,1-2H3. The Balaban J connectivity index is 1.64. The van der Waals surface area contributed by atoms with Gasteiger partial charge in [-0.2, -0.15) is 0 Å². The summed E-state index contributed by atoms with van der Waals surface area (Å²) >= 11 is 5.85. The fourth-order valence-corrected chi connectivity index (χ4v) is 2.44. The van der Waals surface area contributed by atoms with Gasteiger partial charge in [0.05, 0.1) is 27.0 Å². The zero-order chi connectivity index (χ0) is 17.6. The molecule has 130 valence electrons. The van der Waals surface area contributed by atoms with Crippen LogP contribution in [-0.4, -0.2) is 29.2 Å². The van der Waals surface area contributed by atoms with E-state index in [1.165, 1.54) is 0 Å². The highest BCUT2D eigenvalue weighted by atomic mass is 35.5. The zero-order valence-corrected chi connectivity index (χ0v) is 14.7. The highest BCUT2D eigenvalue weighted by Gasteiger charge is 2.06. The molecule has 2 aromatic carbocycles. The monoisotopic (exact) mass is 359 g/mol. The van der Waals surface area contributed by atoms with E-state index >= 15 is 0 Å². The van der Waals surface area contributed by atoms with Crippen LogP contribution < -0.4 is 14.2 Å². The summed E-state index contributed by atoms with van der Waals surface area (Å²) in [5, 5.41) is 8.94. The van der Waals surface area contributed by atoms with Crippen molar-refractivity contribution >= 4 is 11.6 Å². The molecule has 0 aliphatic carbocycles. The van der Waals surface area contributed by atoms with E-state index in [2.05, 4.69) is 10.3 Å². The van der Waals surface area contributed by atoms with Gasteiger partial charge in [0.15, 0.2) is 0 Å². The van der Waals surface area contributed by atoms with Crippen LogP contribution in [0.25, 0.3) is 0 Å². The van der Waals surface area contributed by atoms with Crippen molar-refractivity contribution in [1.29, 1.82) is 0 Å². The number of halogens is 1. The van der Waals surface area contributed by atoms with Crippen LogP contribution in [0, 0.1) is 0 Å². The van der Waals surface area contributed by atoms with Gasteiger partial charge in [-0.1, -0.05) is 16.8 Å². The van der Waals surface area contributed by atoms with Crippen LogP contribution in [0.4, 0.5) is 0 Å². The van der Waals surface area contributed by atoms with Gasteiger partial charge >= 0.3 is 0 Å². The van der Waals surface area contributed by atoms with Crippen LogP contribution in [0.15, 0.2) is 48.7 Å². The number of ether oxygens (including phenoxy) is 3. The van der Waals surface area contributed by atoms with E-state index in [-0.39, 0.29) is 0 Å². The molecule has 0 amide bonds. The third-order valence-corrected chi connectivity index (χ3v) is 3.79. The van der Waals surface area contributed by atoms with E-state index in [4.69, 9.17) is 25.8 Å². The maximum atomic E-state index is 5.85. The molecule has 3 aromatic rings. The van der Waals surface area contributed by atoms with Gasteiger partial charge in [0.1, 0.15) is 29.5 Å². The van der Waals surface area contributed by atoms with E-state index in [1.54, 1.807) is 31.0 Å². The molecule has 0 atom stereocenters. The lowest BCUT2D eigenvalue weighted by Gasteiger charge is -2.08. The molecular formula is C18H18ClN3O3. The van der Waals surface area contributed by atoms with Crippen molar-refractivity contribution in [3.05, 3.63) is 64.9 Å². The SMILES string of the molecule is COc1cc(Cn2cc(COc3ccc(Cl)cc3)nn2)cc(OC)c1. The molecule has 6 nitrogen and oxygen atoms in total. The van der Waals surface area contributed by atoms with Crippen LogP contribution in [0.1, 0.15) is 11.3 Å². The van der Waals surface area contributed by atoms with E-state index in [0.29, 0.717) is 18.2 Å². The Hall–Kier alpha value is -2.73. The average Bonchev–Trinajstić information content (AvgIpc) is 3.08. The van der Waals surface area contributed by atoms with Gasteiger partial charge in [-0.05, 0) is 42.0 Å². The number of hydrogen-bond donors (Lipinski definition) is 0. The molecule has 1 heterocycles. The Morgan fingerprint density at radius 3 is 2.28 bits per heavy atom. The molecule has 3 rings (SSSR count). The fourth-order valence-electron chi connectivity index (χ4n) is 2.31. The lowest BCUT2D eigenvalue weighted by molar-refractivity contribution is 0.301. The van der Waals surface area contributed by atoms with Gasteiger partial charge in [0, 0.05) is 11.1 Å². The summed E-state index contributed by atoms with van der Waals surface area (Å²) in [5.41, 5.74) is 1.75. The Bertz CT molecular complexity index is 812. The summed E-state index contributed by atoms with van der Waals surface area (Å²) in [6.45, 7) is 0.893. The van der Waals surface area contributed by atoms with Crippen LogP contribution >= 0.6 is 11.6 Å². The smallest absolute Gasteiger partial charge is 0.134 e. The van der Waals surface area contributed by atoms with Crippen LogP contribution in [0.3, 0.4) is 0 Å². The van der Waals surface area contributed by atoms with Crippen molar-refractivity contribution in [2.24, 2.45) is 0 Å². The average molecular weight is 360 g/mol. The molecule has 0 unspecified atom stereocenters. The van der Waals surface area contributed by atoms with Gasteiger partial charge in [-0.15, -0.1) is 5.10 Å². The van der Waals surface area contributed by atoms with Crippen LogP contribution in [0.2, 0.25) is 5.02 Å². The molecule has 0 bridgehead atoms. The van der Waals surface area contributed by atoms with Gasteiger partial charge in [-0.25, -0.2) is 4.68 Å². The number of nitrogens with zero attached hydrogens (tertiary/aromatic N) is 3. The first-order chi connectivity index (χ1) is 12.2. The fraction of sp³-hybridized carbons (Fsp3) is 0.222. The molecule has 1 aromatic heterocycles. The normalized spacial score (nSPS) is 10.5. The topological polar surface area (TPSA) is 58.4 Å². The molecule has 0 N–H and O–H groups in total. The largest absolute Gasteiger partial charge is 0.497 e. The lowest BCUT2D eigenvalue weighted by atomic mass is 10.2. The highest BCUT2D eigenvalue weighted by molar-refractivity contribution is 6.30. The first-order valence-corrected chi connectivity index (χ1v) is 8.03. The number of aromatic nitrogens is 3. The van der Waals surface area contributed by atoms with E-state index in [0.717, 1.165) is 28.5 Å². The predicted molar refractivity (Wildman–Crippen MR) is 94.5 cm³/mol. The maximum Gasteiger partial charge on any atom is 0.134 e. The van der Waals surface area contributed by atoms with Crippen molar-refractivity contribution in [3.63, 3.8) is 0 Å². The van der Waals surface area contributed by atoms with Crippen molar-refractivity contribution in [2.75, 3.05) is 14.2 Å². The second-order valence-corrected chi connectivity index (χ2v) is 5.81. The van der Waals surface area contributed by atoms with E-state index in [9.17, 15) is 0 Å². The number of methoxy groups -OCH3 is 2. The molecule has 0 radical (unpaired) electrons. The van der Waals surface area contributed by atoms with Crippen molar-refractivity contribution < 1.29 is 14.2 Å². The molecule has 0 fully saturated rings. The summed E-state index contributed by atoms with van der Waals surface area (Å²) in [4.78, 5) is 0. The van der Waals surface area contributed by atoms with Crippen molar-refractivity contribution in [1.82, 2.24) is 15.0 Å². The van der Waals surface area contributed by atoms with Crippen LogP contribution in [-0.2, 0) is 13.2 Å². The molecule has 25 heavy (non-hydrogen) atoms. The minimum absolute atomic E-state index is 0.336. The highest BCUT2D eigenvalue weighted by Crippen LogP contribution is 2.23. The first kappa shape index (κ1) is 17.1. The summed E-state index contributed by atoms with van der Waals surface area (Å²) in [6.07, 6.45) is 1.85. The van der Waals surface area contributed by atoms with Gasteiger partial charge in [-0.3, -0.25) is 0 Å². The Labute approximate surface area is 150 Å². The zero-order valence-electron chi connectivity index (χ0n) is 14.0. The minimum atomic E-state index is 0.336. The Kier molecular flexibility index (Phi) is 5.40. The molecule has 0 spiro atoms. The molecule has 0 saturated heterocycles. The second-order valence-electron chi connectivity index (χ2n) is 5.37. The summed E-state index contributed by atoms with van der Waals surface area (Å²) in [5.74, 6) is 2.21. The molecular weight excluding hydrogens is 342 g/mol. The van der Waals surface area contributed by atoms with Gasteiger partial charge < -0.3 is 14.2 Å². The van der Waals surface area contributed by atoms with Gasteiger partial charge in [0.25, 0.3) is 0 Å². The quantitative estimate of drug-likeness (QED) is 0.645. The van der Waals surface area contributed by atoms with Crippen molar-refractivity contribution in [3.8, 4) is 17.2 Å². The third kappa shape index (κ3) is 4.64. The number of hydrogen-bond acceptors (Lipinski definition) is 5. The summed E-state index contributed by atoms with van der Waals surface area (Å²) in [6, 6.07) is 12.9. The summed E-state index contributed by atoms with van der Waals surface area (Å²) < 4.78 is 18.0. The number of benzene rings is 2. The Morgan fingerprint density at radius 1 is 0.960 bits per heavy atom. The van der Waals surface area contributed by atoms with Crippen LogP contribution in [0.5, 0.6) is 17.2 Å². The molecule has 0 aliphatic heterocycles.